The van der Waals surface area contributed by atoms with Gasteiger partial charge in [0.15, 0.2) is 0 Å². The average Bonchev–Trinajstić information content (AvgIpc) is 2.43. The normalized spacial score (nSPS) is 14.1. The van der Waals surface area contributed by atoms with Gasteiger partial charge < -0.3 is 10.2 Å². The van der Waals surface area contributed by atoms with Gasteiger partial charge in [-0.1, -0.05) is 41.9 Å². The molecule has 0 radical (unpaired) electrons. The van der Waals surface area contributed by atoms with Crippen LogP contribution in [0.1, 0.15) is 17.2 Å². The number of halogens is 2. The van der Waals surface area contributed by atoms with Crippen molar-refractivity contribution in [1.29, 1.82) is 0 Å². The summed E-state index contributed by atoms with van der Waals surface area (Å²) in [5.74, 6) is -0.441. The third-order valence-corrected chi connectivity index (χ3v) is 3.18. The zero-order valence-corrected chi connectivity index (χ0v) is 10.9. The Morgan fingerprint density at radius 2 is 1.74 bits per heavy atom. The van der Waals surface area contributed by atoms with Crippen LogP contribution in [-0.4, -0.2) is 16.3 Å². The molecule has 0 fully saturated rings. The number of benzene rings is 2. The van der Waals surface area contributed by atoms with Crippen LogP contribution in [0.5, 0.6) is 0 Å². The Balaban J connectivity index is 2.12. The molecule has 2 unspecified atom stereocenters. The van der Waals surface area contributed by atoms with Gasteiger partial charge in [-0.2, -0.15) is 0 Å². The highest BCUT2D eigenvalue weighted by molar-refractivity contribution is 6.30. The predicted octanol–water partition coefficient (Wildman–Crippen LogP) is 3.12. The number of aliphatic hydroxyl groups is 2. The van der Waals surface area contributed by atoms with E-state index >= 15 is 0 Å². The quantitative estimate of drug-likeness (QED) is 0.903. The Bertz CT molecular complexity index is 545. The lowest BCUT2D eigenvalue weighted by molar-refractivity contribution is 0.0185. The molecule has 0 aliphatic heterocycles. The van der Waals surface area contributed by atoms with Crippen LogP contribution in [0, 0.1) is 5.82 Å². The van der Waals surface area contributed by atoms with Crippen molar-refractivity contribution in [2.75, 3.05) is 0 Å². The Morgan fingerprint density at radius 3 is 2.42 bits per heavy atom. The van der Waals surface area contributed by atoms with E-state index in [4.69, 9.17) is 11.6 Å². The van der Waals surface area contributed by atoms with Crippen molar-refractivity contribution in [1.82, 2.24) is 0 Å². The van der Waals surface area contributed by atoms with Gasteiger partial charge in [0.05, 0.1) is 6.10 Å². The summed E-state index contributed by atoms with van der Waals surface area (Å²) in [6, 6.07) is 12.9. The van der Waals surface area contributed by atoms with Gasteiger partial charge in [0, 0.05) is 11.4 Å². The molecule has 19 heavy (non-hydrogen) atoms. The summed E-state index contributed by atoms with van der Waals surface area (Å²) in [5.41, 5.74) is 0.882. The van der Waals surface area contributed by atoms with Gasteiger partial charge in [0.1, 0.15) is 11.9 Å². The van der Waals surface area contributed by atoms with E-state index in [0.29, 0.717) is 10.6 Å². The fourth-order valence-electron chi connectivity index (χ4n) is 1.91. The van der Waals surface area contributed by atoms with E-state index in [2.05, 4.69) is 0 Å². The molecule has 0 bridgehead atoms. The lowest BCUT2D eigenvalue weighted by Gasteiger charge is -2.18. The van der Waals surface area contributed by atoms with Crippen LogP contribution in [0.25, 0.3) is 0 Å². The molecule has 2 aromatic carbocycles. The highest BCUT2D eigenvalue weighted by Gasteiger charge is 2.20. The largest absolute Gasteiger partial charge is 0.390 e. The van der Waals surface area contributed by atoms with Gasteiger partial charge in [-0.25, -0.2) is 4.39 Å². The number of hydrogen-bond donors (Lipinski definition) is 2. The van der Waals surface area contributed by atoms with E-state index in [-0.39, 0.29) is 12.0 Å². The maximum atomic E-state index is 13.5. The molecule has 2 N–H and O–H groups in total. The van der Waals surface area contributed by atoms with Crippen molar-refractivity contribution in [2.24, 2.45) is 0 Å². The summed E-state index contributed by atoms with van der Waals surface area (Å²) in [5, 5.41) is 20.4. The van der Waals surface area contributed by atoms with Crippen molar-refractivity contribution in [3.63, 3.8) is 0 Å². The Hall–Kier alpha value is -1.42. The summed E-state index contributed by atoms with van der Waals surface area (Å²) >= 11 is 5.79. The minimum absolute atomic E-state index is 0.00243. The first-order chi connectivity index (χ1) is 9.08. The Labute approximate surface area is 116 Å². The highest BCUT2D eigenvalue weighted by atomic mass is 35.5. The second kappa shape index (κ2) is 6.15. The van der Waals surface area contributed by atoms with E-state index in [1.165, 1.54) is 18.2 Å². The third-order valence-electron chi connectivity index (χ3n) is 2.94. The minimum Gasteiger partial charge on any atom is -0.390 e. The summed E-state index contributed by atoms with van der Waals surface area (Å²) in [6.07, 6.45) is -2.14. The van der Waals surface area contributed by atoms with Crippen LogP contribution in [-0.2, 0) is 6.42 Å². The molecule has 0 aliphatic rings. The van der Waals surface area contributed by atoms with Gasteiger partial charge in [0.25, 0.3) is 0 Å². The van der Waals surface area contributed by atoms with Crippen LogP contribution in [0.4, 0.5) is 4.39 Å². The van der Waals surface area contributed by atoms with Crippen molar-refractivity contribution < 1.29 is 14.6 Å². The lowest BCUT2D eigenvalue weighted by atomic mass is 9.98. The van der Waals surface area contributed by atoms with E-state index in [0.717, 1.165) is 0 Å². The molecule has 0 aliphatic carbocycles. The first kappa shape index (κ1) is 14.0. The molecular weight excluding hydrogens is 267 g/mol. The molecule has 0 heterocycles. The maximum absolute atomic E-state index is 13.5. The summed E-state index contributed by atoms with van der Waals surface area (Å²) in [7, 11) is 0. The molecule has 0 amide bonds. The molecule has 2 atom stereocenters. The molecule has 2 nitrogen and oxygen atoms in total. The Morgan fingerprint density at radius 1 is 1.05 bits per heavy atom. The lowest BCUT2D eigenvalue weighted by Crippen LogP contribution is -2.21. The SMILES string of the molecule is OC(Cc1cc(Cl)ccc1F)C(O)c1ccccc1. The van der Waals surface area contributed by atoms with E-state index in [9.17, 15) is 14.6 Å². The van der Waals surface area contributed by atoms with Crippen LogP contribution in [0.3, 0.4) is 0 Å². The van der Waals surface area contributed by atoms with Crippen LogP contribution in [0.2, 0.25) is 5.02 Å². The van der Waals surface area contributed by atoms with Gasteiger partial charge in [0.2, 0.25) is 0 Å². The first-order valence-electron chi connectivity index (χ1n) is 5.93. The molecule has 2 aromatic rings. The topological polar surface area (TPSA) is 40.5 Å². The first-order valence-corrected chi connectivity index (χ1v) is 6.30. The molecular formula is C15H14ClFO2. The minimum atomic E-state index is -1.09. The van der Waals surface area contributed by atoms with Gasteiger partial charge in [-0.15, -0.1) is 0 Å². The molecule has 0 saturated carbocycles. The zero-order chi connectivity index (χ0) is 13.8. The smallest absolute Gasteiger partial charge is 0.126 e. The van der Waals surface area contributed by atoms with Gasteiger partial charge >= 0.3 is 0 Å². The molecule has 0 spiro atoms. The predicted molar refractivity (Wildman–Crippen MR) is 72.5 cm³/mol. The standard InChI is InChI=1S/C15H14ClFO2/c16-12-6-7-13(17)11(8-12)9-14(18)15(19)10-4-2-1-3-5-10/h1-8,14-15,18-19H,9H2. The fourth-order valence-corrected chi connectivity index (χ4v) is 2.10. The van der Waals surface area contributed by atoms with Crippen molar-refractivity contribution in [2.45, 2.75) is 18.6 Å². The van der Waals surface area contributed by atoms with E-state index < -0.39 is 18.0 Å². The number of aliphatic hydroxyl groups excluding tert-OH is 2. The van der Waals surface area contributed by atoms with Gasteiger partial charge in [-0.05, 0) is 29.3 Å². The Kier molecular flexibility index (Phi) is 4.53. The van der Waals surface area contributed by atoms with Crippen molar-refractivity contribution in [3.8, 4) is 0 Å². The second-order valence-corrected chi connectivity index (χ2v) is 4.80. The summed E-state index contributed by atoms with van der Waals surface area (Å²) < 4.78 is 13.5. The zero-order valence-electron chi connectivity index (χ0n) is 10.1. The molecule has 4 heteroatoms. The average molecular weight is 281 g/mol. The summed E-state index contributed by atoms with van der Waals surface area (Å²) in [6.45, 7) is 0. The van der Waals surface area contributed by atoms with Crippen molar-refractivity contribution in [3.05, 3.63) is 70.5 Å². The van der Waals surface area contributed by atoms with Gasteiger partial charge in [-0.3, -0.25) is 0 Å². The van der Waals surface area contributed by atoms with E-state index in [1.54, 1.807) is 24.3 Å². The van der Waals surface area contributed by atoms with E-state index in [1.807, 2.05) is 6.07 Å². The number of rotatable bonds is 4. The fraction of sp³-hybridized carbons (Fsp3) is 0.200. The molecule has 2 rings (SSSR count). The van der Waals surface area contributed by atoms with Crippen LogP contribution >= 0.6 is 11.6 Å². The molecule has 0 saturated heterocycles. The van der Waals surface area contributed by atoms with Crippen molar-refractivity contribution >= 4 is 11.6 Å². The third kappa shape index (κ3) is 3.53. The molecule has 0 aromatic heterocycles. The van der Waals surface area contributed by atoms with Crippen LogP contribution < -0.4 is 0 Å². The van der Waals surface area contributed by atoms with Crippen LogP contribution in [0.15, 0.2) is 48.5 Å². The summed E-state index contributed by atoms with van der Waals surface area (Å²) in [4.78, 5) is 0. The molecule has 100 valence electrons. The number of hydrogen-bond acceptors (Lipinski definition) is 2. The highest BCUT2D eigenvalue weighted by Crippen LogP contribution is 2.22. The monoisotopic (exact) mass is 280 g/mol. The second-order valence-electron chi connectivity index (χ2n) is 4.36. The maximum Gasteiger partial charge on any atom is 0.126 e.